The standard InChI is InChI=1S/C32H40ClN3O5S/c1-23(2)34-32(38)29(20-25-13-7-6-8-14-25)35(22-26-15-10-9-12-24(26)3)31(37)16-11-19-36(42(5,39)40)27-17-18-30(41-4)28(33)21-27/h6-10,12-15,17-18,21,23,29H,11,16,19-20,22H2,1-5H3,(H,34,38). The van der Waals surface area contributed by atoms with Crippen molar-refractivity contribution in [3.05, 3.63) is 94.5 Å². The lowest BCUT2D eigenvalue weighted by Gasteiger charge is -2.33. The highest BCUT2D eigenvalue weighted by atomic mass is 35.5. The van der Waals surface area contributed by atoms with Crippen molar-refractivity contribution in [3.8, 4) is 5.75 Å². The molecule has 0 fully saturated rings. The van der Waals surface area contributed by atoms with E-state index >= 15 is 0 Å². The molecule has 10 heteroatoms. The number of hydrogen-bond acceptors (Lipinski definition) is 5. The second-order valence-corrected chi connectivity index (χ2v) is 12.9. The Labute approximate surface area is 254 Å². The summed E-state index contributed by atoms with van der Waals surface area (Å²) in [6.07, 6.45) is 1.74. The molecular weight excluding hydrogens is 574 g/mol. The zero-order valence-electron chi connectivity index (χ0n) is 24.8. The average molecular weight is 614 g/mol. The van der Waals surface area contributed by atoms with Crippen molar-refractivity contribution in [3.63, 3.8) is 0 Å². The van der Waals surface area contributed by atoms with E-state index in [2.05, 4.69) is 5.32 Å². The van der Waals surface area contributed by atoms with Crippen LogP contribution in [0.5, 0.6) is 5.75 Å². The fourth-order valence-corrected chi connectivity index (χ4v) is 5.93. The molecule has 0 aliphatic heterocycles. The van der Waals surface area contributed by atoms with Gasteiger partial charge in [0.2, 0.25) is 21.8 Å². The van der Waals surface area contributed by atoms with Gasteiger partial charge >= 0.3 is 0 Å². The number of halogens is 1. The first kappa shape index (κ1) is 32.9. The summed E-state index contributed by atoms with van der Waals surface area (Å²) in [7, 11) is -2.18. The number of aryl methyl sites for hydroxylation is 1. The number of hydrogen-bond donors (Lipinski definition) is 1. The van der Waals surface area contributed by atoms with E-state index in [1.807, 2.05) is 75.4 Å². The highest BCUT2D eigenvalue weighted by Gasteiger charge is 2.31. The van der Waals surface area contributed by atoms with E-state index in [-0.39, 0.29) is 48.8 Å². The van der Waals surface area contributed by atoms with Crippen molar-refractivity contribution in [2.75, 3.05) is 24.2 Å². The lowest BCUT2D eigenvalue weighted by molar-refractivity contribution is -0.141. The van der Waals surface area contributed by atoms with E-state index in [9.17, 15) is 18.0 Å². The average Bonchev–Trinajstić information content (AvgIpc) is 2.93. The second-order valence-electron chi connectivity index (χ2n) is 10.6. The van der Waals surface area contributed by atoms with Crippen molar-refractivity contribution in [1.29, 1.82) is 0 Å². The quantitative estimate of drug-likeness (QED) is 0.264. The largest absolute Gasteiger partial charge is 0.495 e. The van der Waals surface area contributed by atoms with Gasteiger partial charge in [0.05, 0.1) is 24.1 Å². The molecule has 1 N–H and O–H groups in total. The molecule has 0 saturated heterocycles. The Morgan fingerprint density at radius 3 is 2.26 bits per heavy atom. The smallest absolute Gasteiger partial charge is 0.243 e. The summed E-state index contributed by atoms with van der Waals surface area (Å²) in [5.74, 6) is -0.0410. The van der Waals surface area contributed by atoms with Crippen LogP contribution in [-0.2, 0) is 32.6 Å². The molecule has 0 bridgehead atoms. The zero-order chi connectivity index (χ0) is 30.9. The molecular formula is C32H40ClN3O5S. The van der Waals surface area contributed by atoms with Crippen LogP contribution in [0.1, 0.15) is 43.4 Å². The number of rotatable bonds is 14. The maximum absolute atomic E-state index is 13.9. The van der Waals surface area contributed by atoms with Crippen LogP contribution < -0.4 is 14.4 Å². The van der Waals surface area contributed by atoms with Crippen LogP contribution in [-0.4, -0.2) is 57.1 Å². The molecule has 1 atom stereocenters. The molecule has 0 saturated carbocycles. The lowest BCUT2D eigenvalue weighted by atomic mass is 10.0. The van der Waals surface area contributed by atoms with Crippen LogP contribution in [0.25, 0.3) is 0 Å². The topological polar surface area (TPSA) is 96.0 Å². The fourth-order valence-electron chi connectivity index (χ4n) is 4.72. The maximum atomic E-state index is 13.9. The van der Waals surface area contributed by atoms with Gasteiger partial charge in [-0.3, -0.25) is 13.9 Å². The third kappa shape index (κ3) is 9.22. The Balaban J connectivity index is 1.89. The molecule has 0 aromatic heterocycles. The summed E-state index contributed by atoms with van der Waals surface area (Å²) in [4.78, 5) is 29.1. The molecule has 0 radical (unpaired) electrons. The Kier molecular flexibility index (Phi) is 11.8. The normalized spacial score (nSPS) is 12.1. The van der Waals surface area contributed by atoms with Gasteiger partial charge in [0.1, 0.15) is 11.8 Å². The molecule has 0 spiro atoms. The highest BCUT2D eigenvalue weighted by molar-refractivity contribution is 7.92. The number of sulfonamides is 1. The van der Waals surface area contributed by atoms with E-state index in [0.717, 1.165) is 22.9 Å². The molecule has 8 nitrogen and oxygen atoms in total. The summed E-state index contributed by atoms with van der Waals surface area (Å²) < 4.78 is 31.8. The Bertz CT molecular complexity index is 1460. The molecule has 226 valence electrons. The van der Waals surface area contributed by atoms with Crippen LogP contribution in [0.3, 0.4) is 0 Å². The van der Waals surface area contributed by atoms with Crippen LogP contribution >= 0.6 is 11.6 Å². The minimum absolute atomic E-state index is 0.0437. The number of amides is 2. The van der Waals surface area contributed by atoms with Crippen LogP contribution in [0.2, 0.25) is 5.02 Å². The third-order valence-electron chi connectivity index (χ3n) is 6.88. The summed E-state index contributed by atoms with van der Waals surface area (Å²) in [5.41, 5.74) is 3.26. The van der Waals surface area contributed by atoms with Crippen molar-refractivity contribution in [1.82, 2.24) is 10.2 Å². The van der Waals surface area contributed by atoms with E-state index < -0.39 is 16.1 Å². The first-order valence-corrected chi connectivity index (χ1v) is 16.1. The summed E-state index contributed by atoms with van der Waals surface area (Å²) in [6.45, 7) is 6.06. The fraction of sp³-hybridized carbons (Fsp3) is 0.375. The number of nitrogens with one attached hydrogen (secondary N) is 1. The molecule has 3 aromatic carbocycles. The van der Waals surface area contributed by atoms with E-state index in [0.29, 0.717) is 17.9 Å². The predicted molar refractivity (Wildman–Crippen MR) is 168 cm³/mol. The van der Waals surface area contributed by atoms with Gasteiger partial charge in [0.15, 0.2) is 0 Å². The predicted octanol–water partition coefficient (Wildman–Crippen LogP) is 5.37. The van der Waals surface area contributed by atoms with Crippen molar-refractivity contribution in [2.24, 2.45) is 0 Å². The number of anilines is 1. The maximum Gasteiger partial charge on any atom is 0.243 e. The van der Waals surface area contributed by atoms with Gasteiger partial charge in [-0.05, 0) is 62.1 Å². The molecule has 42 heavy (non-hydrogen) atoms. The molecule has 1 unspecified atom stereocenters. The van der Waals surface area contributed by atoms with Gasteiger partial charge in [-0.25, -0.2) is 8.42 Å². The van der Waals surface area contributed by atoms with Gasteiger partial charge in [0, 0.05) is 32.0 Å². The summed E-state index contributed by atoms with van der Waals surface area (Å²) >= 11 is 6.26. The summed E-state index contributed by atoms with van der Waals surface area (Å²) in [5, 5.41) is 3.27. The number of benzene rings is 3. The van der Waals surface area contributed by atoms with Crippen molar-refractivity contribution < 1.29 is 22.7 Å². The van der Waals surface area contributed by atoms with E-state index in [1.54, 1.807) is 17.0 Å². The van der Waals surface area contributed by atoms with Gasteiger partial charge in [-0.1, -0.05) is 66.2 Å². The van der Waals surface area contributed by atoms with E-state index in [1.165, 1.54) is 17.5 Å². The minimum atomic E-state index is -3.67. The Morgan fingerprint density at radius 2 is 1.67 bits per heavy atom. The lowest BCUT2D eigenvalue weighted by Crippen LogP contribution is -2.52. The van der Waals surface area contributed by atoms with Gasteiger partial charge in [-0.15, -0.1) is 0 Å². The summed E-state index contributed by atoms with van der Waals surface area (Å²) in [6, 6.07) is 21.3. The Morgan fingerprint density at radius 1 is 1.00 bits per heavy atom. The number of carbonyl (C=O) groups excluding carboxylic acids is 2. The van der Waals surface area contributed by atoms with Crippen LogP contribution in [0, 0.1) is 6.92 Å². The molecule has 2 amide bonds. The second kappa shape index (κ2) is 15.1. The van der Waals surface area contributed by atoms with Gasteiger partial charge < -0.3 is 15.0 Å². The monoisotopic (exact) mass is 613 g/mol. The van der Waals surface area contributed by atoms with Crippen molar-refractivity contribution in [2.45, 2.75) is 58.7 Å². The zero-order valence-corrected chi connectivity index (χ0v) is 26.4. The third-order valence-corrected chi connectivity index (χ3v) is 8.37. The van der Waals surface area contributed by atoms with Gasteiger partial charge in [-0.2, -0.15) is 0 Å². The molecule has 0 heterocycles. The SMILES string of the molecule is COc1ccc(N(CCCC(=O)N(Cc2ccccc2C)C(Cc2ccccc2)C(=O)NC(C)C)S(C)(=O)=O)cc1Cl. The first-order chi connectivity index (χ1) is 19.9. The van der Waals surface area contributed by atoms with Crippen molar-refractivity contribution >= 4 is 39.1 Å². The van der Waals surface area contributed by atoms with Crippen LogP contribution in [0.15, 0.2) is 72.8 Å². The number of carbonyl (C=O) groups is 2. The Hall–Kier alpha value is -3.56. The molecule has 3 aromatic rings. The van der Waals surface area contributed by atoms with Crippen LogP contribution in [0.4, 0.5) is 5.69 Å². The molecule has 3 rings (SSSR count). The highest BCUT2D eigenvalue weighted by Crippen LogP contribution is 2.30. The number of ether oxygens (including phenoxy) is 1. The first-order valence-electron chi connectivity index (χ1n) is 13.9. The molecule has 0 aliphatic rings. The van der Waals surface area contributed by atoms with Gasteiger partial charge in [0.25, 0.3) is 0 Å². The number of methoxy groups -OCH3 is 1. The van der Waals surface area contributed by atoms with E-state index in [4.69, 9.17) is 16.3 Å². The molecule has 0 aliphatic carbocycles. The number of nitrogens with zero attached hydrogens (tertiary/aromatic N) is 2. The minimum Gasteiger partial charge on any atom is -0.495 e.